The van der Waals surface area contributed by atoms with E-state index in [1.807, 2.05) is 44.3 Å². The van der Waals surface area contributed by atoms with Crippen LogP contribution in [0.1, 0.15) is 24.9 Å². The Kier molecular flexibility index (Phi) is 6.38. The summed E-state index contributed by atoms with van der Waals surface area (Å²) < 4.78 is 18.5. The summed E-state index contributed by atoms with van der Waals surface area (Å²) in [6.45, 7) is 3.76. The Morgan fingerprint density at radius 1 is 1.21 bits per heavy atom. The first-order valence-electron chi connectivity index (χ1n) is 11.4. The van der Waals surface area contributed by atoms with Gasteiger partial charge in [-0.25, -0.2) is 0 Å². The Labute approximate surface area is 202 Å². The zero-order chi connectivity index (χ0) is 23.7. The number of aromatic nitrogens is 1. The predicted octanol–water partition coefficient (Wildman–Crippen LogP) is 3.63. The van der Waals surface area contributed by atoms with E-state index in [1.165, 1.54) is 11.8 Å². The van der Waals surface area contributed by atoms with Crippen LogP contribution >= 0.6 is 11.8 Å². The van der Waals surface area contributed by atoms with Crippen molar-refractivity contribution in [2.24, 2.45) is 7.05 Å². The lowest BCUT2D eigenvalue weighted by atomic mass is 10.0. The first-order valence-corrected chi connectivity index (χ1v) is 12.4. The van der Waals surface area contributed by atoms with Crippen LogP contribution in [0.15, 0.2) is 47.5 Å². The molecule has 0 saturated carbocycles. The van der Waals surface area contributed by atoms with Crippen LogP contribution < -0.4 is 19.7 Å². The van der Waals surface area contributed by atoms with Crippen molar-refractivity contribution in [2.45, 2.75) is 24.4 Å². The van der Waals surface area contributed by atoms with Gasteiger partial charge in [-0.1, -0.05) is 30.0 Å². The van der Waals surface area contributed by atoms with Crippen LogP contribution in [-0.2, 0) is 21.4 Å². The minimum absolute atomic E-state index is 0.139. The van der Waals surface area contributed by atoms with Crippen molar-refractivity contribution in [2.75, 3.05) is 37.2 Å². The Balaban J connectivity index is 1.60. The number of anilines is 1. The highest BCUT2D eigenvalue weighted by Crippen LogP contribution is 2.45. The van der Waals surface area contributed by atoms with Crippen molar-refractivity contribution in [3.63, 3.8) is 0 Å². The van der Waals surface area contributed by atoms with Gasteiger partial charge in [0, 0.05) is 55.0 Å². The lowest BCUT2D eigenvalue weighted by molar-refractivity contribution is -0.125. The van der Waals surface area contributed by atoms with Crippen LogP contribution in [0.4, 0.5) is 5.69 Å². The lowest BCUT2D eigenvalue weighted by Gasteiger charge is -2.30. The molecular weight excluding hydrogens is 454 g/mol. The molecule has 178 valence electrons. The molecule has 0 bridgehead atoms. The molecule has 0 unspecified atom stereocenters. The molecule has 1 atom stereocenters. The minimum Gasteiger partial charge on any atom is -0.454 e. The van der Waals surface area contributed by atoms with E-state index in [2.05, 4.69) is 9.88 Å². The normalized spacial score (nSPS) is 17.1. The summed E-state index contributed by atoms with van der Waals surface area (Å²) in [6.07, 6.45) is 0.696. The number of benzene rings is 2. The number of carbonyl (C=O) groups excluding carboxylic acids is 2. The summed E-state index contributed by atoms with van der Waals surface area (Å²) in [5.74, 6) is 1.06. The Morgan fingerprint density at radius 2 is 2.03 bits per heavy atom. The fraction of sp³-hybridized carbons (Fsp3) is 0.360. The second-order valence-corrected chi connectivity index (χ2v) is 9.09. The molecule has 3 heterocycles. The van der Waals surface area contributed by atoms with E-state index in [1.54, 1.807) is 17.0 Å². The number of hydrogen-bond donors (Lipinski definition) is 1. The molecule has 0 saturated heterocycles. The number of hydrogen-bond acceptors (Lipinski definition) is 6. The topological polar surface area (TPSA) is 82.0 Å². The van der Waals surface area contributed by atoms with Gasteiger partial charge in [0.05, 0.1) is 10.8 Å². The largest absolute Gasteiger partial charge is 0.454 e. The van der Waals surface area contributed by atoms with Crippen LogP contribution in [0.2, 0.25) is 0 Å². The summed E-state index contributed by atoms with van der Waals surface area (Å²) in [7, 11) is 1.98. The molecule has 8 nitrogen and oxygen atoms in total. The van der Waals surface area contributed by atoms with Gasteiger partial charge < -0.3 is 24.1 Å². The number of rotatable bonds is 7. The summed E-state index contributed by atoms with van der Waals surface area (Å²) in [6, 6.07) is 12.5. The number of ether oxygens (including phenoxy) is 3. The van der Waals surface area contributed by atoms with Crippen LogP contribution in [0.25, 0.3) is 10.9 Å². The van der Waals surface area contributed by atoms with Gasteiger partial charge in [0.2, 0.25) is 18.6 Å². The van der Waals surface area contributed by atoms with Crippen molar-refractivity contribution in [3.05, 3.63) is 48.0 Å². The molecule has 3 aromatic rings. The number of amides is 2. The molecule has 1 N–H and O–H groups in total. The summed E-state index contributed by atoms with van der Waals surface area (Å²) in [4.78, 5) is 28.8. The molecule has 1 aromatic heterocycles. The van der Waals surface area contributed by atoms with Gasteiger partial charge in [0.1, 0.15) is 6.04 Å². The number of nitrogens with one attached hydrogen (secondary N) is 1. The van der Waals surface area contributed by atoms with Crippen LogP contribution in [0.3, 0.4) is 0 Å². The van der Waals surface area contributed by atoms with Gasteiger partial charge in [-0.15, -0.1) is 0 Å². The molecule has 0 fully saturated rings. The quantitative estimate of drug-likeness (QED) is 0.519. The molecule has 0 radical (unpaired) electrons. The Hall–Kier alpha value is -3.17. The maximum absolute atomic E-state index is 13.7. The Morgan fingerprint density at radius 3 is 2.88 bits per heavy atom. The van der Waals surface area contributed by atoms with Crippen molar-refractivity contribution < 1.29 is 23.8 Å². The van der Waals surface area contributed by atoms with E-state index in [0.29, 0.717) is 43.4 Å². The molecule has 9 heteroatoms. The number of nitrogens with zero attached hydrogens (tertiary/aromatic N) is 2. The third-order valence-electron chi connectivity index (χ3n) is 6.07. The van der Waals surface area contributed by atoms with E-state index < -0.39 is 6.04 Å². The van der Waals surface area contributed by atoms with Crippen molar-refractivity contribution >= 4 is 40.2 Å². The second kappa shape index (κ2) is 9.60. The molecule has 0 aliphatic carbocycles. The fourth-order valence-corrected chi connectivity index (χ4v) is 5.58. The minimum atomic E-state index is -0.823. The highest BCUT2D eigenvalue weighted by atomic mass is 32.2. The van der Waals surface area contributed by atoms with E-state index in [4.69, 9.17) is 14.2 Å². The molecule has 2 aliphatic rings. The van der Waals surface area contributed by atoms with E-state index in [-0.39, 0.29) is 24.4 Å². The van der Waals surface area contributed by atoms with Crippen molar-refractivity contribution in [1.82, 2.24) is 9.88 Å². The molecule has 2 amide bonds. The molecule has 2 aromatic carbocycles. The monoisotopic (exact) mass is 481 g/mol. The molecule has 5 rings (SSSR count). The average molecular weight is 482 g/mol. The zero-order valence-electron chi connectivity index (χ0n) is 19.2. The molecule has 0 spiro atoms. The summed E-state index contributed by atoms with van der Waals surface area (Å²) >= 11 is 1.47. The average Bonchev–Trinajstić information content (AvgIpc) is 3.38. The van der Waals surface area contributed by atoms with Gasteiger partial charge in [-0.3, -0.25) is 14.5 Å². The smallest absolute Gasteiger partial charge is 0.247 e. The number of thioether (sulfide) groups is 1. The van der Waals surface area contributed by atoms with Crippen LogP contribution in [0, 0.1) is 0 Å². The zero-order valence-corrected chi connectivity index (χ0v) is 20.0. The Bertz CT molecular complexity index is 1240. The van der Waals surface area contributed by atoms with Gasteiger partial charge in [-0.05, 0) is 31.5 Å². The third-order valence-corrected chi connectivity index (χ3v) is 7.23. The number of aryl methyl sites for hydroxylation is 1. The van der Waals surface area contributed by atoms with Crippen LogP contribution in [-0.4, -0.2) is 48.7 Å². The van der Waals surface area contributed by atoms with E-state index >= 15 is 0 Å². The first-order chi connectivity index (χ1) is 16.6. The number of para-hydroxylation sites is 1. The number of fused-ring (bicyclic) bond motifs is 4. The van der Waals surface area contributed by atoms with Crippen molar-refractivity contribution in [3.8, 4) is 11.5 Å². The highest BCUT2D eigenvalue weighted by Gasteiger charge is 2.40. The van der Waals surface area contributed by atoms with Crippen molar-refractivity contribution in [1.29, 1.82) is 0 Å². The summed E-state index contributed by atoms with van der Waals surface area (Å²) in [5, 5.41) is 4.92. The SMILES string of the molecule is CCOCCCNC(=O)[C@@H]1c2c(n(C)c3ccccc23)SCC(=O)N1c1ccc2c(c1)OCO2. The van der Waals surface area contributed by atoms with E-state index in [9.17, 15) is 9.59 Å². The van der Waals surface area contributed by atoms with Crippen LogP contribution in [0.5, 0.6) is 11.5 Å². The van der Waals surface area contributed by atoms with Gasteiger partial charge in [0.25, 0.3) is 0 Å². The lowest BCUT2D eigenvalue weighted by Crippen LogP contribution is -2.44. The van der Waals surface area contributed by atoms with E-state index in [0.717, 1.165) is 21.5 Å². The number of carbonyl (C=O) groups is 2. The van der Waals surface area contributed by atoms with Gasteiger partial charge in [-0.2, -0.15) is 0 Å². The maximum atomic E-state index is 13.7. The first kappa shape index (κ1) is 22.6. The fourth-order valence-electron chi connectivity index (χ4n) is 4.51. The maximum Gasteiger partial charge on any atom is 0.247 e. The second-order valence-electron chi connectivity index (χ2n) is 8.13. The molecule has 2 aliphatic heterocycles. The summed E-state index contributed by atoms with van der Waals surface area (Å²) in [5.41, 5.74) is 2.47. The predicted molar refractivity (Wildman–Crippen MR) is 131 cm³/mol. The molecule has 34 heavy (non-hydrogen) atoms. The van der Waals surface area contributed by atoms with Gasteiger partial charge in [0.15, 0.2) is 11.5 Å². The molecular formula is C25H27N3O5S. The highest BCUT2D eigenvalue weighted by molar-refractivity contribution is 8.00. The standard InChI is InChI=1S/C25H27N3O5S/c1-3-31-12-6-11-26-24(30)23-22-17-7-4-5-8-18(17)27(2)25(22)34-14-21(29)28(23)16-9-10-19-20(13-16)33-15-32-19/h4-5,7-10,13,23H,3,6,11-12,14-15H2,1-2H3,(H,26,30)/t23-/m0/s1. The van der Waals surface area contributed by atoms with Gasteiger partial charge >= 0.3 is 0 Å². The third kappa shape index (κ3) is 3.99.